The molecule has 82 valence electrons. The van der Waals surface area contributed by atoms with Crippen molar-refractivity contribution in [2.75, 3.05) is 13.2 Å². The van der Waals surface area contributed by atoms with Crippen molar-refractivity contribution in [2.24, 2.45) is 5.73 Å². The van der Waals surface area contributed by atoms with Gasteiger partial charge in [0.15, 0.2) is 0 Å². The first kappa shape index (κ1) is 11.9. The molecular formula is C10H20N2OS. The van der Waals surface area contributed by atoms with Gasteiger partial charge in [0.05, 0.1) is 23.7 Å². The first-order valence-electron chi connectivity index (χ1n) is 5.24. The quantitative estimate of drug-likeness (QED) is 0.719. The maximum Gasteiger partial charge on any atom is 0.0902 e. The molecule has 1 rings (SSSR count). The Hall–Kier alpha value is -0.190. The number of morpholine rings is 1. The molecule has 1 fully saturated rings. The molecule has 1 aliphatic heterocycles. The van der Waals surface area contributed by atoms with Crippen LogP contribution in [-0.4, -0.2) is 41.2 Å². The van der Waals surface area contributed by atoms with Crippen molar-refractivity contribution < 1.29 is 4.74 Å². The largest absolute Gasteiger partial charge is 0.392 e. The molecule has 4 heteroatoms. The van der Waals surface area contributed by atoms with Crippen LogP contribution in [0.3, 0.4) is 0 Å². The molecule has 0 bridgehead atoms. The second kappa shape index (κ2) is 5.05. The summed E-state index contributed by atoms with van der Waals surface area (Å²) in [6.07, 6.45) is 1.25. The molecule has 3 nitrogen and oxygen atoms in total. The molecule has 1 saturated heterocycles. The second-order valence-electron chi connectivity index (χ2n) is 3.88. The van der Waals surface area contributed by atoms with Gasteiger partial charge in [-0.1, -0.05) is 19.1 Å². The van der Waals surface area contributed by atoms with E-state index in [1.807, 2.05) is 0 Å². The molecule has 1 heterocycles. The zero-order valence-electron chi connectivity index (χ0n) is 9.19. The monoisotopic (exact) mass is 216 g/mol. The Kier molecular flexibility index (Phi) is 4.29. The molecule has 0 saturated carbocycles. The van der Waals surface area contributed by atoms with Gasteiger partial charge in [-0.3, -0.25) is 4.90 Å². The lowest BCUT2D eigenvalue weighted by atomic mass is 10.1. The lowest BCUT2D eigenvalue weighted by Gasteiger charge is -2.42. The molecule has 0 aromatic heterocycles. The number of hydrogen-bond acceptors (Lipinski definition) is 3. The van der Waals surface area contributed by atoms with Gasteiger partial charge in [-0.25, -0.2) is 0 Å². The third-order valence-electron chi connectivity index (χ3n) is 3.05. The Morgan fingerprint density at radius 1 is 1.64 bits per heavy atom. The molecule has 0 aromatic rings. The summed E-state index contributed by atoms with van der Waals surface area (Å²) >= 11 is 5.08. The van der Waals surface area contributed by atoms with Crippen LogP contribution in [0, 0.1) is 0 Å². The molecule has 14 heavy (non-hydrogen) atoms. The van der Waals surface area contributed by atoms with Gasteiger partial charge in [-0.05, 0) is 20.3 Å². The van der Waals surface area contributed by atoms with Crippen molar-refractivity contribution in [1.29, 1.82) is 0 Å². The van der Waals surface area contributed by atoms with Crippen molar-refractivity contribution in [3.63, 3.8) is 0 Å². The number of nitrogens with two attached hydrogens (primary N) is 1. The van der Waals surface area contributed by atoms with E-state index < -0.39 is 0 Å². The smallest absolute Gasteiger partial charge is 0.0902 e. The van der Waals surface area contributed by atoms with Crippen molar-refractivity contribution in [3.8, 4) is 0 Å². The van der Waals surface area contributed by atoms with Crippen LogP contribution >= 0.6 is 12.2 Å². The van der Waals surface area contributed by atoms with Crippen LogP contribution in [0.2, 0.25) is 0 Å². The predicted octanol–water partition coefficient (Wildman–Crippen LogP) is 1.16. The summed E-state index contributed by atoms with van der Waals surface area (Å²) in [5.41, 5.74) is 5.73. The predicted molar refractivity (Wildman–Crippen MR) is 62.4 cm³/mol. The summed E-state index contributed by atoms with van der Waals surface area (Å²) in [7, 11) is 0. The molecule has 2 N–H and O–H groups in total. The summed E-state index contributed by atoms with van der Waals surface area (Å²) in [6, 6.07) is 0.626. The van der Waals surface area contributed by atoms with Crippen LogP contribution in [0.15, 0.2) is 0 Å². The fraction of sp³-hybridized carbons (Fsp3) is 0.900. The zero-order valence-corrected chi connectivity index (χ0v) is 10.0. The van der Waals surface area contributed by atoms with Crippen molar-refractivity contribution in [3.05, 3.63) is 0 Å². The van der Waals surface area contributed by atoms with E-state index in [0.717, 1.165) is 19.6 Å². The van der Waals surface area contributed by atoms with Crippen LogP contribution in [0.4, 0.5) is 0 Å². The Balaban J connectivity index is 2.68. The lowest BCUT2D eigenvalue weighted by Crippen LogP contribution is -2.56. The highest BCUT2D eigenvalue weighted by atomic mass is 32.1. The Labute approximate surface area is 91.6 Å². The highest BCUT2D eigenvalue weighted by Gasteiger charge is 2.31. The Morgan fingerprint density at radius 3 is 2.79 bits per heavy atom. The highest BCUT2D eigenvalue weighted by Crippen LogP contribution is 2.18. The topological polar surface area (TPSA) is 38.5 Å². The summed E-state index contributed by atoms with van der Waals surface area (Å²) in [4.78, 5) is 2.96. The first-order valence-corrected chi connectivity index (χ1v) is 5.65. The first-order chi connectivity index (χ1) is 6.57. The molecule has 0 amide bonds. The van der Waals surface area contributed by atoms with Crippen molar-refractivity contribution in [2.45, 2.75) is 45.4 Å². The van der Waals surface area contributed by atoms with Gasteiger partial charge in [0.1, 0.15) is 0 Å². The summed E-state index contributed by atoms with van der Waals surface area (Å²) in [6.45, 7) is 8.11. The molecule has 3 atom stereocenters. The fourth-order valence-electron chi connectivity index (χ4n) is 2.00. The van der Waals surface area contributed by atoms with E-state index in [4.69, 9.17) is 22.7 Å². The van der Waals surface area contributed by atoms with Gasteiger partial charge in [0.2, 0.25) is 0 Å². The van der Waals surface area contributed by atoms with Crippen LogP contribution in [0.25, 0.3) is 0 Å². The number of rotatable bonds is 3. The number of hydrogen-bond donors (Lipinski definition) is 1. The standard InChI is InChI=1S/C10H20N2OS/c1-4-9(10(11)14)12-5-6-13-8(3)7(12)2/h7-9H,4-6H2,1-3H3,(H2,11,14). The summed E-state index contributed by atoms with van der Waals surface area (Å²) in [5.74, 6) is 0. The van der Waals surface area contributed by atoms with Gasteiger partial charge in [-0.2, -0.15) is 0 Å². The fourth-order valence-corrected chi connectivity index (χ4v) is 2.30. The van der Waals surface area contributed by atoms with E-state index in [1.165, 1.54) is 0 Å². The highest BCUT2D eigenvalue weighted by molar-refractivity contribution is 7.80. The summed E-state index contributed by atoms with van der Waals surface area (Å²) < 4.78 is 5.57. The third kappa shape index (κ3) is 2.43. The SMILES string of the molecule is CCC(C(N)=S)N1CCOC(C)C1C. The van der Waals surface area contributed by atoms with E-state index in [-0.39, 0.29) is 12.1 Å². The summed E-state index contributed by atoms with van der Waals surface area (Å²) in [5, 5.41) is 0. The van der Waals surface area contributed by atoms with Crippen LogP contribution in [-0.2, 0) is 4.74 Å². The number of thiocarbonyl (C=S) groups is 1. The van der Waals surface area contributed by atoms with Crippen LogP contribution in [0.1, 0.15) is 27.2 Å². The minimum absolute atomic E-state index is 0.228. The molecular weight excluding hydrogens is 196 g/mol. The molecule has 0 aliphatic carbocycles. The minimum atomic E-state index is 0.228. The Bertz CT molecular complexity index is 210. The minimum Gasteiger partial charge on any atom is -0.392 e. The maximum atomic E-state index is 5.73. The third-order valence-corrected chi connectivity index (χ3v) is 3.32. The van der Waals surface area contributed by atoms with E-state index in [2.05, 4.69) is 25.7 Å². The average Bonchev–Trinajstić information content (AvgIpc) is 2.13. The maximum absolute atomic E-state index is 5.73. The zero-order chi connectivity index (χ0) is 10.7. The van der Waals surface area contributed by atoms with E-state index in [1.54, 1.807) is 0 Å². The van der Waals surface area contributed by atoms with Gasteiger partial charge >= 0.3 is 0 Å². The lowest BCUT2D eigenvalue weighted by molar-refractivity contribution is -0.0624. The average molecular weight is 216 g/mol. The van der Waals surface area contributed by atoms with Gasteiger partial charge in [0.25, 0.3) is 0 Å². The van der Waals surface area contributed by atoms with Gasteiger partial charge in [0, 0.05) is 12.6 Å². The molecule has 3 unspecified atom stereocenters. The molecule has 0 aromatic carbocycles. The molecule has 0 radical (unpaired) electrons. The number of ether oxygens (including phenoxy) is 1. The molecule has 1 aliphatic rings. The normalized spacial score (nSPS) is 31.4. The van der Waals surface area contributed by atoms with E-state index in [0.29, 0.717) is 11.0 Å². The second-order valence-corrected chi connectivity index (χ2v) is 4.35. The Morgan fingerprint density at radius 2 is 2.29 bits per heavy atom. The van der Waals surface area contributed by atoms with Crippen LogP contribution < -0.4 is 5.73 Å². The van der Waals surface area contributed by atoms with Gasteiger partial charge in [-0.15, -0.1) is 0 Å². The number of nitrogens with zero attached hydrogens (tertiary/aromatic N) is 1. The van der Waals surface area contributed by atoms with E-state index >= 15 is 0 Å². The van der Waals surface area contributed by atoms with Crippen LogP contribution in [0.5, 0.6) is 0 Å². The molecule has 0 spiro atoms. The van der Waals surface area contributed by atoms with Crippen molar-refractivity contribution >= 4 is 17.2 Å². The van der Waals surface area contributed by atoms with E-state index in [9.17, 15) is 0 Å². The van der Waals surface area contributed by atoms with Crippen molar-refractivity contribution in [1.82, 2.24) is 4.90 Å². The van der Waals surface area contributed by atoms with Gasteiger partial charge < -0.3 is 10.5 Å².